The van der Waals surface area contributed by atoms with Gasteiger partial charge in [-0.2, -0.15) is 0 Å². The highest BCUT2D eigenvalue weighted by Crippen LogP contribution is 2.40. The van der Waals surface area contributed by atoms with Gasteiger partial charge in [0.25, 0.3) is 0 Å². The van der Waals surface area contributed by atoms with Gasteiger partial charge in [-0.15, -0.1) is 0 Å². The molecule has 0 radical (unpaired) electrons. The van der Waals surface area contributed by atoms with Crippen LogP contribution in [0.1, 0.15) is 31.0 Å². The molecule has 4 rings (SSSR count). The number of hydrogen-bond acceptors (Lipinski definition) is 4. The van der Waals surface area contributed by atoms with E-state index < -0.39 is 5.97 Å². The van der Waals surface area contributed by atoms with Crippen molar-refractivity contribution in [1.82, 2.24) is 9.55 Å². The zero-order valence-electron chi connectivity index (χ0n) is 11.5. The second kappa shape index (κ2) is 4.65. The predicted octanol–water partition coefficient (Wildman–Crippen LogP) is 2.16. The lowest BCUT2D eigenvalue weighted by Crippen LogP contribution is -2.18. The lowest BCUT2D eigenvalue weighted by Gasteiger charge is -2.25. The number of fused-ring (bicyclic) bond motifs is 2. The summed E-state index contributed by atoms with van der Waals surface area (Å²) >= 11 is 0. The molecule has 1 aromatic carbocycles. The zero-order chi connectivity index (χ0) is 14.4. The van der Waals surface area contributed by atoms with Crippen molar-refractivity contribution in [3.05, 3.63) is 18.0 Å². The minimum atomic E-state index is -0.857. The first kappa shape index (κ1) is 12.5. The topological polar surface area (TPSA) is 73.6 Å². The summed E-state index contributed by atoms with van der Waals surface area (Å²) in [6.07, 6.45) is 3.34. The van der Waals surface area contributed by atoms with E-state index in [1.165, 1.54) is 6.42 Å². The van der Waals surface area contributed by atoms with Crippen LogP contribution in [0, 0.1) is 0 Å². The van der Waals surface area contributed by atoms with Crippen molar-refractivity contribution >= 4 is 17.0 Å². The van der Waals surface area contributed by atoms with Crippen LogP contribution >= 0.6 is 0 Å². The van der Waals surface area contributed by atoms with E-state index in [0.717, 1.165) is 29.7 Å². The molecular weight excluding hydrogens is 272 g/mol. The normalized spacial score (nSPS) is 17.7. The molecule has 0 amide bonds. The standard InChI is InChI=1S/C15H16N2O4/c18-14(19)8-17-11-7-13-12(20-4-5-21-13)6-10(11)16-15(17)9-2-1-3-9/h6-7,9H,1-5,8H2,(H,18,19). The maximum Gasteiger partial charge on any atom is 0.323 e. The Balaban J connectivity index is 1.88. The molecule has 2 aliphatic rings. The molecule has 2 aromatic rings. The number of rotatable bonds is 3. The average Bonchev–Trinajstić information content (AvgIpc) is 2.72. The van der Waals surface area contributed by atoms with E-state index in [4.69, 9.17) is 9.47 Å². The highest BCUT2D eigenvalue weighted by atomic mass is 16.6. The van der Waals surface area contributed by atoms with E-state index in [1.54, 1.807) is 4.57 Å². The fraction of sp³-hybridized carbons (Fsp3) is 0.467. The minimum absolute atomic E-state index is 0.0675. The van der Waals surface area contributed by atoms with Gasteiger partial charge >= 0.3 is 5.97 Å². The third-order valence-electron chi connectivity index (χ3n) is 4.21. The van der Waals surface area contributed by atoms with Crippen molar-refractivity contribution in [2.45, 2.75) is 31.7 Å². The number of hydrogen-bond donors (Lipinski definition) is 1. The third-order valence-corrected chi connectivity index (χ3v) is 4.21. The first-order chi connectivity index (χ1) is 10.2. The largest absolute Gasteiger partial charge is 0.486 e. The predicted molar refractivity (Wildman–Crippen MR) is 75.0 cm³/mol. The van der Waals surface area contributed by atoms with Crippen molar-refractivity contribution in [2.75, 3.05) is 13.2 Å². The Morgan fingerprint density at radius 1 is 1.29 bits per heavy atom. The van der Waals surface area contributed by atoms with Gasteiger partial charge in [0.2, 0.25) is 0 Å². The second-order valence-electron chi connectivity index (χ2n) is 5.56. The summed E-state index contributed by atoms with van der Waals surface area (Å²) in [7, 11) is 0. The molecule has 1 fully saturated rings. The molecule has 1 aliphatic carbocycles. The monoisotopic (exact) mass is 288 g/mol. The van der Waals surface area contributed by atoms with Gasteiger partial charge in [-0.1, -0.05) is 6.42 Å². The number of carbonyl (C=O) groups is 1. The van der Waals surface area contributed by atoms with Crippen molar-refractivity contribution in [3.8, 4) is 11.5 Å². The molecule has 1 aromatic heterocycles. The summed E-state index contributed by atoms with van der Waals surface area (Å²) < 4.78 is 13.0. The number of aliphatic carboxylic acids is 1. The Bertz CT molecular complexity index is 718. The number of carboxylic acid groups (broad SMARTS) is 1. The summed E-state index contributed by atoms with van der Waals surface area (Å²) in [5, 5.41) is 9.18. The van der Waals surface area contributed by atoms with Crippen LogP contribution in [-0.4, -0.2) is 33.8 Å². The summed E-state index contributed by atoms with van der Waals surface area (Å²) in [5.74, 6) is 1.75. The van der Waals surface area contributed by atoms with Crippen LogP contribution in [0.15, 0.2) is 12.1 Å². The van der Waals surface area contributed by atoms with Crippen molar-refractivity contribution < 1.29 is 19.4 Å². The van der Waals surface area contributed by atoms with Crippen molar-refractivity contribution in [2.24, 2.45) is 0 Å². The molecule has 6 nitrogen and oxygen atoms in total. The molecule has 2 heterocycles. The fourth-order valence-electron chi connectivity index (χ4n) is 2.96. The Kier molecular flexibility index (Phi) is 2.77. The number of benzene rings is 1. The van der Waals surface area contributed by atoms with Crippen LogP contribution in [-0.2, 0) is 11.3 Å². The Morgan fingerprint density at radius 3 is 2.62 bits per heavy atom. The van der Waals surface area contributed by atoms with Gasteiger partial charge in [-0.05, 0) is 12.8 Å². The Morgan fingerprint density at radius 2 is 2.00 bits per heavy atom. The molecule has 0 unspecified atom stereocenters. The van der Waals surface area contributed by atoms with Crippen LogP contribution < -0.4 is 9.47 Å². The molecule has 1 saturated carbocycles. The van der Waals surface area contributed by atoms with Gasteiger partial charge in [0.05, 0.1) is 11.0 Å². The molecule has 21 heavy (non-hydrogen) atoms. The van der Waals surface area contributed by atoms with Crippen LogP contribution in [0.3, 0.4) is 0 Å². The molecule has 0 bridgehead atoms. The van der Waals surface area contributed by atoms with E-state index in [0.29, 0.717) is 30.6 Å². The molecular formula is C15H16N2O4. The van der Waals surface area contributed by atoms with Crippen molar-refractivity contribution in [1.29, 1.82) is 0 Å². The SMILES string of the molecule is O=C(O)Cn1c(C2CCC2)nc2cc3c(cc21)OCCO3. The molecule has 1 N–H and O–H groups in total. The van der Waals surface area contributed by atoms with Crippen LogP contribution in [0.4, 0.5) is 0 Å². The van der Waals surface area contributed by atoms with E-state index in [9.17, 15) is 9.90 Å². The maximum atomic E-state index is 11.2. The number of carboxylic acids is 1. The summed E-state index contributed by atoms with van der Waals surface area (Å²) in [6, 6.07) is 3.70. The van der Waals surface area contributed by atoms with Gasteiger partial charge in [-0.3, -0.25) is 4.79 Å². The fourth-order valence-corrected chi connectivity index (χ4v) is 2.96. The van der Waals surface area contributed by atoms with Crippen LogP contribution in [0.2, 0.25) is 0 Å². The zero-order valence-corrected chi connectivity index (χ0v) is 11.5. The molecule has 1 aliphatic heterocycles. The van der Waals surface area contributed by atoms with Crippen LogP contribution in [0.5, 0.6) is 11.5 Å². The Labute approximate surface area is 121 Å². The first-order valence-electron chi connectivity index (χ1n) is 7.24. The summed E-state index contributed by atoms with van der Waals surface area (Å²) in [5.41, 5.74) is 1.59. The third kappa shape index (κ3) is 2.02. The molecule has 0 atom stereocenters. The molecule has 110 valence electrons. The summed E-state index contributed by atoms with van der Waals surface area (Å²) in [4.78, 5) is 15.8. The first-order valence-corrected chi connectivity index (χ1v) is 7.24. The minimum Gasteiger partial charge on any atom is -0.486 e. The smallest absolute Gasteiger partial charge is 0.323 e. The van der Waals surface area contributed by atoms with E-state index in [2.05, 4.69) is 4.98 Å². The van der Waals surface area contributed by atoms with Gasteiger partial charge in [-0.25, -0.2) is 4.98 Å². The average molecular weight is 288 g/mol. The van der Waals surface area contributed by atoms with Crippen LogP contribution in [0.25, 0.3) is 11.0 Å². The number of imidazole rings is 1. The highest BCUT2D eigenvalue weighted by molar-refractivity contribution is 5.82. The lowest BCUT2D eigenvalue weighted by molar-refractivity contribution is -0.137. The van der Waals surface area contributed by atoms with E-state index in [-0.39, 0.29) is 6.54 Å². The van der Waals surface area contributed by atoms with E-state index in [1.807, 2.05) is 12.1 Å². The quantitative estimate of drug-likeness (QED) is 0.937. The number of ether oxygens (including phenoxy) is 2. The molecule has 0 saturated heterocycles. The number of nitrogens with zero attached hydrogens (tertiary/aromatic N) is 2. The second-order valence-corrected chi connectivity index (χ2v) is 5.56. The molecule has 6 heteroatoms. The van der Waals surface area contributed by atoms with Gasteiger partial charge < -0.3 is 19.1 Å². The summed E-state index contributed by atoms with van der Waals surface area (Å²) in [6.45, 7) is 0.979. The van der Waals surface area contributed by atoms with E-state index >= 15 is 0 Å². The molecule has 0 spiro atoms. The van der Waals surface area contributed by atoms with Gasteiger partial charge in [0.1, 0.15) is 25.6 Å². The lowest BCUT2D eigenvalue weighted by atomic mass is 9.85. The maximum absolute atomic E-state index is 11.2. The van der Waals surface area contributed by atoms with Gasteiger partial charge in [0.15, 0.2) is 11.5 Å². The Hall–Kier alpha value is -2.24. The van der Waals surface area contributed by atoms with Gasteiger partial charge in [0, 0.05) is 18.1 Å². The highest BCUT2D eigenvalue weighted by Gasteiger charge is 2.27. The van der Waals surface area contributed by atoms with Crippen molar-refractivity contribution in [3.63, 3.8) is 0 Å². The number of aromatic nitrogens is 2.